The van der Waals surface area contributed by atoms with Crippen LogP contribution in [0.1, 0.15) is 36.9 Å². The molecule has 40 heavy (non-hydrogen) atoms. The predicted octanol–water partition coefficient (Wildman–Crippen LogP) is 4.57. The zero-order chi connectivity index (χ0) is 27.4. The van der Waals surface area contributed by atoms with Crippen LogP contribution in [-0.4, -0.2) is 57.8 Å². The molecule has 1 aliphatic carbocycles. The zero-order valence-electron chi connectivity index (χ0n) is 20.8. The van der Waals surface area contributed by atoms with Crippen LogP contribution in [0.3, 0.4) is 0 Å². The molecule has 0 unspecified atom stereocenters. The number of hydrogen-bond donors (Lipinski definition) is 3. The van der Waals surface area contributed by atoms with Crippen molar-refractivity contribution < 1.29 is 9.18 Å². The van der Waals surface area contributed by atoms with Gasteiger partial charge in [-0.2, -0.15) is 14.5 Å². The molecule has 0 spiro atoms. The van der Waals surface area contributed by atoms with Gasteiger partial charge < -0.3 is 20.1 Å². The fourth-order valence-electron chi connectivity index (χ4n) is 5.00. The molecule has 1 saturated carbocycles. The highest BCUT2D eigenvalue weighted by molar-refractivity contribution is 6.40. The van der Waals surface area contributed by atoms with Crippen molar-refractivity contribution in [2.75, 3.05) is 22.1 Å². The number of aromatic amines is 1. The fourth-order valence-corrected chi connectivity index (χ4v) is 5.37. The van der Waals surface area contributed by atoms with Gasteiger partial charge in [0.1, 0.15) is 16.7 Å². The Morgan fingerprint density at radius 3 is 2.80 bits per heavy atom. The van der Waals surface area contributed by atoms with Crippen LogP contribution in [-0.2, 0) is 4.79 Å². The summed E-state index contributed by atoms with van der Waals surface area (Å²) in [5.41, 5.74) is 2.21. The summed E-state index contributed by atoms with van der Waals surface area (Å²) in [4.78, 5) is 27.9. The molecule has 0 radical (unpaired) electrons. The van der Waals surface area contributed by atoms with Crippen molar-refractivity contribution in [1.82, 2.24) is 39.3 Å². The molecule has 2 aliphatic rings. The van der Waals surface area contributed by atoms with E-state index >= 15 is 0 Å². The van der Waals surface area contributed by atoms with E-state index in [4.69, 9.17) is 33.3 Å². The van der Waals surface area contributed by atoms with E-state index in [-0.39, 0.29) is 22.3 Å². The first-order chi connectivity index (χ1) is 19.4. The van der Waals surface area contributed by atoms with Gasteiger partial charge in [-0.3, -0.25) is 9.89 Å². The van der Waals surface area contributed by atoms with E-state index in [0.29, 0.717) is 42.2 Å². The molecular formula is C25H22Cl2FN11O. The van der Waals surface area contributed by atoms with Gasteiger partial charge >= 0.3 is 0 Å². The first-order valence-electron chi connectivity index (χ1n) is 12.7. The third-order valence-corrected chi connectivity index (χ3v) is 7.91. The Kier molecular flexibility index (Phi) is 6.04. The second-order valence-corrected chi connectivity index (χ2v) is 10.6. The van der Waals surface area contributed by atoms with Crippen molar-refractivity contribution in [3.8, 4) is 0 Å². The average molecular weight is 582 g/mol. The molecule has 3 N–H and O–H groups in total. The number of rotatable bonds is 7. The molecule has 204 valence electrons. The first-order valence-corrected chi connectivity index (χ1v) is 13.4. The zero-order valence-corrected chi connectivity index (χ0v) is 22.3. The van der Waals surface area contributed by atoms with E-state index in [1.807, 2.05) is 29.3 Å². The summed E-state index contributed by atoms with van der Waals surface area (Å²) in [6.07, 6.45) is 7.30. The Morgan fingerprint density at radius 1 is 1.18 bits per heavy atom. The minimum absolute atomic E-state index is 0.180. The van der Waals surface area contributed by atoms with Gasteiger partial charge in [0.15, 0.2) is 16.8 Å². The maximum Gasteiger partial charge on any atom is 0.247 e. The number of fused-ring (bicyclic) bond motifs is 1. The summed E-state index contributed by atoms with van der Waals surface area (Å²) in [5.74, 6) is 1.07. The van der Waals surface area contributed by atoms with E-state index in [2.05, 4.69) is 30.8 Å². The molecule has 6 heterocycles. The third kappa shape index (κ3) is 4.60. The monoisotopic (exact) mass is 581 g/mol. The molecule has 7 rings (SSSR count). The standard InChI is InChI=1S/C25H22Cl2FN11O/c26-21-22(27)38(12-30-21)15-8-18(24(40)31-14-5-6-19(28)29-10-14)37(11-15)25-33-23(17-2-1-7-39(17)36-25)32-20-9-16(34-35-20)13-3-4-13/h1-2,5-7,9-10,12-13,15,18H,3-4,8,11H2,(H,31,40)(H2,32,33,34,35,36)/t15-,18-/m0/s1. The molecule has 15 heteroatoms. The number of pyridine rings is 1. The van der Waals surface area contributed by atoms with Gasteiger partial charge in [-0.15, -0.1) is 5.10 Å². The van der Waals surface area contributed by atoms with Crippen LogP contribution in [0.25, 0.3) is 5.52 Å². The van der Waals surface area contributed by atoms with Crippen molar-refractivity contribution in [3.05, 3.63) is 71.0 Å². The summed E-state index contributed by atoms with van der Waals surface area (Å²) >= 11 is 12.5. The van der Waals surface area contributed by atoms with Crippen LogP contribution in [0, 0.1) is 5.95 Å². The predicted molar refractivity (Wildman–Crippen MR) is 147 cm³/mol. The molecule has 0 bridgehead atoms. The summed E-state index contributed by atoms with van der Waals surface area (Å²) in [6, 6.07) is 7.44. The lowest BCUT2D eigenvalue weighted by molar-refractivity contribution is -0.117. The van der Waals surface area contributed by atoms with E-state index in [0.717, 1.165) is 24.1 Å². The van der Waals surface area contributed by atoms with E-state index in [1.54, 1.807) is 15.4 Å². The largest absolute Gasteiger partial charge is 0.325 e. The molecule has 5 aromatic rings. The maximum absolute atomic E-state index is 13.6. The van der Waals surface area contributed by atoms with Crippen LogP contribution in [0.2, 0.25) is 10.3 Å². The van der Waals surface area contributed by atoms with E-state index < -0.39 is 12.0 Å². The lowest BCUT2D eigenvalue weighted by atomic mass is 10.1. The van der Waals surface area contributed by atoms with Gasteiger partial charge in [-0.05, 0) is 43.5 Å². The molecule has 1 saturated heterocycles. The molecule has 0 aromatic carbocycles. The third-order valence-electron chi connectivity index (χ3n) is 7.16. The molecule has 2 atom stereocenters. The van der Waals surface area contributed by atoms with Crippen molar-refractivity contribution in [2.45, 2.75) is 37.3 Å². The second-order valence-electron chi connectivity index (χ2n) is 9.86. The number of nitrogens with zero attached hydrogens (tertiary/aromatic N) is 8. The number of H-pyrrole nitrogens is 1. The van der Waals surface area contributed by atoms with Gasteiger partial charge in [0.2, 0.25) is 17.8 Å². The summed E-state index contributed by atoms with van der Waals surface area (Å²) in [7, 11) is 0. The Balaban J connectivity index is 1.24. The van der Waals surface area contributed by atoms with Gasteiger partial charge in [-0.1, -0.05) is 23.2 Å². The second kappa shape index (κ2) is 9.75. The van der Waals surface area contributed by atoms with Gasteiger partial charge in [0, 0.05) is 30.4 Å². The molecule has 2 fully saturated rings. The summed E-state index contributed by atoms with van der Waals surface area (Å²) in [5, 5.41) is 18.8. The summed E-state index contributed by atoms with van der Waals surface area (Å²) in [6.45, 7) is 0.354. The number of anilines is 4. The van der Waals surface area contributed by atoms with Crippen LogP contribution >= 0.6 is 23.2 Å². The molecular weight excluding hydrogens is 560 g/mol. The number of imidazole rings is 1. The first kappa shape index (κ1) is 24.8. The number of amides is 1. The molecule has 5 aromatic heterocycles. The number of aromatic nitrogens is 8. The Bertz CT molecular complexity index is 1710. The highest BCUT2D eigenvalue weighted by Crippen LogP contribution is 2.40. The number of carbonyl (C=O) groups excluding carboxylic acids is 1. The lowest BCUT2D eigenvalue weighted by Gasteiger charge is -2.24. The minimum atomic E-state index is -0.694. The number of hydrogen-bond acceptors (Lipinski definition) is 8. The quantitative estimate of drug-likeness (QED) is 0.238. The normalized spacial score (nSPS) is 18.9. The van der Waals surface area contributed by atoms with Crippen molar-refractivity contribution in [2.24, 2.45) is 0 Å². The highest BCUT2D eigenvalue weighted by Gasteiger charge is 2.40. The maximum atomic E-state index is 13.6. The Morgan fingerprint density at radius 2 is 2.05 bits per heavy atom. The number of halogens is 3. The topological polar surface area (TPSA) is 134 Å². The SMILES string of the molecule is O=C(Nc1ccc(F)nc1)[C@@H]1C[C@H](n2cnc(Cl)c2Cl)CN1c1nc(Nc2cc(C3CC3)[nH]n2)c2cccn2n1. The molecule has 12 nitrogen and oxygen atoms in total. The molecule has 1 aliphatic heterocycles. The van der Waals surface area contributed by atoms with Crippen molar-refractivity contribution in [1.29, 1.82) is 0 Å². The number of carbonyl (C=O) groups is 1. The van der Waals surface area contributed by atoms with Crippen molar-refractivity contribution in [3.63, 3.8) is 0 Å². The van der Waals surface area contributed by atoms with Crippen LogP contribution in [0.15, 0.2) is 49.1 Å². The fraction of sp³-hybridized carbons (Fsp3) is 0.280. The smallest absolute Gasteiger partial charge is 0.247 e. The average Bonchev–Trinajstić information content (AvgIpc) is 3.29. The van der Waals surface area contributed by atoms with Gasteiger partial charge in [-0.25, -0.2) is 14.5 Å². The van der Waals surface area contributed by atoms with Gasteiger partial charge in [0.05, 0.1) is 24.3 Å². The van der Waals surface area contributed by atoms with E-state index in [9.17, 15) is 9.18 Å². The Hall–Kier alpha value is -4.23. The van der Waals surface area contributed by atoms with Crippen LogP contribution in [0.4, 0.5) is 27.7 Å². The van der Waals surface area contributed by atoms with E-state index in [1.165, 1.54) is 18.3 Å². The lowest BCUT2D eigenvalue weighted by Crippen LogP contribution is -2.41. The summed E-state index contributed by atoms with van der Waals surface area (Å²) < 4.78 is 16.8. The highest BCUT2D eigenvalue weighted by atomic mass is 35.5. The van der Waals surface area contributed by atoms with Gasteiger partial charge in [0.25, 0.3) is 0 Å². The van der Waals surface area contributed by atoms with Crippen LogP contribution < -0.4 is 15.5 Å². The number of nitrogens with one attached hydrogen (secondary N) is 3. The van der Waals surface area contributed by atoms with Crippen LogP contribution in [0.5, 0.6) is 0 Å². The minimum Gasteiger partial charge on any atom is -0.325 e. The van der Waals surface area contributed by atoms with Crippen molar-refractivity contribution >= 4 is 57.9 Å². The Labute approximate surface area is 236 Å². The molecule has 1 amide bonds.